The van der Waals surface area contributed by atoms with Gasteiger partial charge in [0, 0.05) is 11.6 Å². The minimum atomic E-state index is -0.542. The highest BCUT2D eigenvalue weighted by atomic mass is 35.5. The molecule has 0 bridgehead atoms. The molecule has 2 atom stereocenters. The first-order valence-corrected chi connectivity index (χ1v) is 8.83. The molecule has 2 aromatic carbocycles. The van der Waals surface area contributed by atoms with Crippen molar-refractivity contribution in [3.8, 4) is 11.5 Å². The van der Waals surface area contributed by atoms with E-state index >= 15 is 0 Å². The maximum atomic E-state index is 12.9. The summed E-state index contributed by atoms with van der Waals surface area (Å²) in [5.41, 5.74) is 1.13. The number of hydrogen-bond donors (Lipinski definition) is 0. The third kappa shape index (κ3) is 4.07. The molecule has 0 aromatic heterocycles. The van der Waals surface area contributed by atoms with Crippen LogP contribution in [0.5, 0.6) is 11.5 Å². The average molecular weight is 360 g/mol. The van der Waals surface area contributed by atoms with Crippen LogP contribution < -0.4 is 9.47 Å². The maximum Gasteiger partial charge on any atom is 0.263 e. The summed E-state index contributed by atoms with van der Waals surface area (Å²) in [5.74, 6) is 1.47. The summed E-state index contributed by atoms with van der Waals surface area (Å²) in [6, 6.07) is 15.1. The van der Waals surface area contributed by atoms with Gasteiger partial charge in [0.1, 0.15) is 11.5 Å². The lowest BCUT2D eigenvalue weighted by molar-refractivity contribution is -0.138. The molecule has 132 valence electrons. The normalized spacial score (nSPS) is 18.0. The molecule has 4 nitrogen and oxygen atoms in total. The Morgan fingerprint density at radius 1 is 1.12 bits per heavy atom. The molecule has 1 saturated heterocycles. The number of hydrogen-bond acceptors (Lipinski definition) is 3. The Labute approximate surface area is 153 Å². The van der Waals surface area contributed by atoms with Crippen LogP contribution in [0, 0.1) is 0 Å². The van der Waals surface area contributed by atoms with Gasteiger partial charge in [0.05, 0.1) is 13.2 Å². The van der Waals surface area contributed by atoms with Crippen molar-refractivity contribution >= 4 is 17.5 Å². The SMILES string of the molecule is COc1ccc([C@@H]2CCCN2C(=O)[C@H](C)Oc2ccc(Cl)cc2)cc1. The van der Waals surface area contributed by atoms with E-state index in [1.165, 1.54) is 0 Å². The van der Waals surface area contributed by atoms with E-state index in [0.29, 0.717) is 10.8 Å². The molecule has 0 saturated carbocycles. The molecule has 0 spiro atoms. The first kappa shape index (κ1) is 17.6. The van der Waals surface area contributed by atoms with Crippen LogP contribution in [0.2, 0.25) is 5.02 Å². The fourth-order valence-electron chi connectivity index (χ4n) is 3.20. The van der Waals surface area contributed by atoms with Crippen molar-refractivity contribution in [2.45, 2.75) is 31.9 Å². The zero-order chi connectivity index (χ0) is 17.8. The first-order valence-electron chi connectivity index (χ1n) is 8.45. The second kappa shape index (κ2) is 7.79. The van der Waals surface area contributed by atoms with E-state index in [9.17, 15) is 4.79 Å². The van der Waals surface area contributed by atoms with Crippen LogP contribution in [0.1, 0.15) is 31.4 Å². The van der Waals surface area contributed by atoms with Gasteiger partial charge >= 0.3 is 0 Å². The molecule has 25 heavy (non-hydrogen) atoms. The van der Waals surface area contributed by atoms with Crippen molar-refractivity contribution in [3.63, 3.8) is 0 Å². The molecular weight excluding hydrogens is 338 g/mol. The smallest absolute Gasteiger partial charge is 0.263 e. The summed E-state index contributed by atoms with van der Waals surface area (Å²) in [5, 5.41) is 0.644. The van der Waals surface area contributed by atoms with E-state index in [1.54, 1.807) is 38.3 Å². The molecule has 0 N–H and O–H groups in total. The van der Waals surface area contributed by atoms with Crippen LogP contribution in [0.3, 0.4) is 0 Å². The van der Waals surface area contributed by atoms with Gasteiger partial charge in [-0.3, -0.25) is 4.79 Å². The van der Waals surface area contributed by atoms with Gasteiger partial charge in [0.2, 0.25) is 0 Å². The second-order valence-corrected chi connectivity index (χ2v) is 6.61. The van der Waals surface area contributed by atoms with E-state index in [-0.39, 0.29) is 11.9 Å². The zero-order valence-corrected chi connectivity index (χ0v) is 15.2. The summed E-state index contributed by atoms with van der Waals surface area (Å²) < 4.78 is 11.0. The monoisotopic (exact) mass is 359 g/mol. The number of halogens is 1. The summed E-state index contributed by atoms with van der Waals surface area (Å²) in [6.07, 6.45) is 1.42. The lowest BCUT2D eigenvalue weighted by Gasteiger charge is -2.28. The molecule has 5 heteroatoms. The number of ether oxygens (including phenoxy) is 2. The van der Waals surface area contributed by atoms with Crippen LogP contribution >= 0.6 is 11.6 Å². The van der Waals surface area contributed by atoms with Gasteiger partial charge in [-0.1, -0.05) is 23.7 Å². The molecule has 0 radical (unpaired) electrons. The summed E-state index contributed by atoms with van der Waals surface area (Å²) >= 11 is 5.88. The Morgan fingerprint density at radius 3 is 2.40 bits per heavy atom. The third-order valence-corrected chi connectivity index (χ3v) is 4.76. The van der Waals surface area contributed by atoms with E-state index in [0.717, 1.165) is 30.7 Å². The molecule has 1 aliphatic heterocycles. The van der Waals surface area contributed by atoms with Crippen molar-refractivity contribution in [1.29, 1.82) is 0 Å². The number of likely N-dealkylation sites (tertiary alicyclic amines) is 1. The van der Waals surface area contributed by atoms with Gasteiger partial charge in [0.15, 0.2) is 6.10 Å². The van der Waals surface area contributed by atoms with Crippen molar-refractivity contribution in [2.75, 3.05) is 13.7 Å². The van der Waals surface area contributed by atoms with Crippen LogP contribution in [0.4, 0.5) is 0 Å². The molecule has 0 unspecified atom stereocenters. The minimum absolute atomic E-state index is 0.00766. The Hall–Kier alpha value is -2.20. The molecule has 1 fully saturated rings. The number of carbonyl (C=O) groups is 1. The van der Waals surface area contributed by atoms with Gasteiger partial charge in [-0.25, -0.2) is 0 Å². The molecule has 1 aliphatic rings. The van der Waals surface area contributed by atoms with E-state index in [4.69, 9.17) is 21.1 Å². The number of methoxy groups -OCH3 is 1. The topological polar surface area (TPSA) is 38.8 Å². The fourth-order valence-corrected chi connectivity index (χ4v) is 3.33. The van der Waals surface area contributed by atoms with E-state index in [2.05, 4.69) is 0 Å². The Morgan fingerprint density at radius 2 is 1.76 bits per heavy atom. The van der Waals surface area contributed by atoms with E-state index < -0.39 is 6.10 Å². The highest BCUT2D eigenvalue weighted by Gasteiger charge is 2.33. The molecule has 3 rings (SSSR count). The first-order chi connectivity index (χ1) is 12.1. The van der Waals surface area contributed by atoms with Crippen molar-refractivity contribution in [3.05, 3.63) is 59.1 Å². The lowest BCUT2D eigenvalue weighted by Crippen LogP contribution is -2.40. The Kier molecular flexibility index (Phi) is 5.49. The van der Waals surface area contributed by atoms with Crippen molar-refractivity contribution in [2.24, 2.45) is 0 Å². The predicted molar refractivity (Wildman–Crippen MR) is 98.2 cm³/mol. The van der Waals surface area contributed by atoms with Crippen LogP contribution in [0.25, 0.3) is 0 Å². The third-order valence-electron chi connectivity index (χ3n) is 4.51. The number of carbonyl (C=O) groups excluding carboxylic acids is 1. The molecular formula is C20H22ClNO3. The molecule has 0 aliphatic carbocycles. The molecule has 1 heterocycles. The average Bonchev–Trinajstić information content (AvgIpc) is 3.12. The van der Waals surface area contributed by atoms with Gasteiger partial charge in [-0.15, -0.1) is 0 Å². The lowest BCUT2D eigenvalue weighted by atomic mass is 10.0. The highest BCUT2D eigenvalue weighted by molar-refractivity contribution is 6.30. The second-order valence-electron chi connectivity index (χ2n) is 6.18. The van der Waals surface area contributed by atoms with Crippen LogP contribution in [-0.2, 0) is 4.79 Å². The summed E-state index contributed by atoms with van der Waals surface area (Å²) in [4.78, 5) is 14.8. The number of rotatable bonds is 5. The van der Waals surface area contributed by atoms with Gasteiger partial charge < -0.3 is 14.4 Å². The number of nitrogens with zero attached hydrogens (tertiary/aromatic N) is 1. The maximum absolute atomic E-state index is 12.9. The Bertz CT molecular complexity index is 715. The van der Waals surface area contributed by atoms with Gasteiger partial charge in [-0.05, 0) is 61.7 Å². The Balaban J connectivity index is 1.69. The van der Waals surface area contributed by atoms with Crippen molar-refractivity contribution in [1.82, 2.24) is 4.90 Å². The largest absolute Gasteiger partial charge is 0.497 e. The summed E-state index contributed by atoms with van der Waals surface area (Å²) in [7, 11) is 1.65. The number of benzene rings is 2. The van der Waals surface area contributed by atoms with Crippen LogP contribution in [0.15, 0.2) is 48.5 Å². The molecule has 2 aromatic rings. The van der Waals surface area contributed by atoms with Gasteiger partial charge in [-0.2, -0.15) is 0 Å². The quantitative estimate of drug-likeness (QED) is 0.790. The minimum Gasteiger partial charge on any atom is -0.497 e. The van der Waals surface area contributed by atoms with Crippen molar-refractivity contribution < 1.29 is 14.3 Å². The van der Waals surface area contributed by atoms with Gasteiger partial charge in [0.25, 0.3) is 5.91 Å². The summed E-state index contributed by atoms with van der Waals surface area (Å²) in [6.45, 7) is 2.55. The van der Waals surface area contributed by atoms with E-state index in [1.807, 2.05) is 29.2 Å². The predicted octanol–water partition coefficient (Wildman–Crippen LogP) is 4.48. The standard InChI is InChI=1S/C20H22ClNO3/c1-14(25-18-11-7-16(21)8-12-18)20(23)22-13-3-4-19(22)15-5-9-17(24-2)10-6-15/h5-12,14,19H,3-4,13H2,1-2H3/t14-,19-/m0/s1. The number of amides is 1. The van der Waals surface area contributed by atoms with Crippen LogP contribution in [-0.4, -0.2) is 30.6 Å². The molecule has 1 amide bonds. The zero-order valence-electron chi connectivity index (χ0n) is 14.4. The highest BCUT2D eigenvalue weighted by Crippen LogP contribution is 2.33. The fraction of sp³-hybridized carbons (Fsp3) is 0.350.